The zero-order valence-corrected chi connectivity index (χ0v) is 9.89. The van der Waals surface area contributed by atoms with E-state index >= 15 is 0 Å². The average Bonchev–Trinajstić information content (AvgIpc) is 2.61. The van der Waals surface area contributed by atoms with Crippen molar-refractivity contribution in [2.75, 3.05) is 31.2 Å². The van der Waals surface area contributed by atoms with Gasteiger partial charge in [-0.2, -0.15) is 4.98 Å². The molecule has 2 rings (SSSR count). The minimum absolute atomic E-state index is 0.112. The van der Waals surface area contributed by atoms with Gasteiger partial charge in [-0.25, -0.2) is 0 Å². The lowest BCUT2D eigenvalue weighted by atomic mass is 10.2. The molecule has 6 nitrogen and oxygen atoms in total. The monoisotopic (exact) mass is 225 g/mol. The second-order valence-electron chi connectivity index (χ2n) is 4.23. The van der Waals surface area contributed by atoms with E-state index in [-0.39, 0.29) is 6.04 Å². The van der Waals surface area contributed by atoms with Gasteiger partial charge in [0, 0.05) is 32.6 Å². The summed E-state index contributed by atoms with van der Waals surface area (Å²) in [5.74, 6) is 1.73. The van der Waals surface area contributed by atoms with Gasteiger partial charge in [0.25, 0.3) is 0 Å². The number of rotatable bonds is 3. The van der Waals surface area contributed by atoms with Gasteiger partial charge < -0.3 is 15.4 Å². The minimum atomic E-state index is 0.112. The fourth-order valence-corrected chi connectivity index (χ4v) is 1.77. The maximum Gasteiger partial charge on any atom is 0.245 e. The van der Waals surface area contributed by atoms with E-state index < -0.39 is 0 Å². The molecule has 0 radical (unpaired) electrons. The van der Waals surface area contributed by atoms with Gasteiger partial charge in [0.1, 0.15) is 5.82 Å². The van der Waals surface area contributed by atoms with Crippen LogP contribution in [-0.4, -0.2) is 47.1 Å². The van der Waals surface area contributed by atoms with Crippen LogP contribution in [0.3, 0.4) is 0 Å². The van der Waals surface area contributed by atoms with Crippen LogP contribution in [0.25, 0.3) is 0 Å². The highest BCUT2D eigenvalue weighted by Gasteiger charge is 2.17. The highest BCUT2D eigenvalue weighted by atomic mass is 16.5. The van der Waals surface area contributed by atoms with Crippen LogP contribution in [0.1, 0.15) is 12.7 Å². The number of nitrogens with zero attached hydrogens (tertiary/aromatic N) is 4. The summed E-state index contributed by atoms with van der Waals surface area (Å²) in [5.41, 5.74) is 5.77. The molecular weight excluding hydrogens is 206 g/mol. The average molecular weight is 225 g/mol. The summed E-state index contributed by atoms with van der Waals surface area (Å²) in [5, 5.41) is 4.41. The zero-order valence-electron chi connectivity index (χ0n) is 9.89. The molecule has 90 valence electrons. The molecular formula is C10H19N5O. The van der Waals surface area contributed by atoms with Crippen LogP contribution in [0.5, 0.6) is 0 Å². The second-order valence-corrected chi connectivity index (χ2v) is 4.23. The molecule has 0 amide bonds. The lowest BCUT2D eigenvalue weighted by Gasteiger charge is -2.25. The summed E-state index contributed by atoms with van der Waals surface area (Å²) >= 11 is 0. The van der Waals surface area contributed by atoms with Gasteiger partial charge >= 0.3 is 0 Å². The van der Waals surface area contributed by atoms with Gasteiger partial charge in [0.2, 0.25) is 5.95 Å². The van der Waals surface area contributed by atoms with Crippen LogP contribution in [-0.2, 0) is 18.2 Å². The Morgan fingerprint density at radius 2 is 2.12 bits per heavy atom. The first-order chi connectivity index (χ1) is 7.66. The van der Waals surface area contributed by atoms with Crippen LogP contribution in [0.15, 0.2) is 0 Å². The largest absolute Gasteiger partial charge is 0.378 e. The summed E-state index contributed by atoms with van der Waals surface area (Å²) < 4.78 is 7.11. The lowest BCUT2D eigenvalue weighted by molar-refractivity contribution is 0.122. The third-order valence-electron chi connectivity index (χ3n) is 2.64. The molecule has 1 fully saturated rings. The number of ether oxygens (including phenoxy) is 1. The van der Waals surface area contributed by atoms with E-state index in [1.807, 2.05) is 18.7 Å². The SMILES string of the molecule is CC(N)Cc1nc(N2CCOCC2)nn1C. The molecule has 0 aliphatic carbocycles. The number of hydrogen-bond acceptors (Lipinski definition) is 5. The Hall–Kier alpha value is -1.14. The molecule has 1 aromatic heterocycles. The molecule has 2 heterocycles. The molecule has 0 aromatic carbocycles. The Bertz CT molecular complexity index is 343. The number of morpholine rings is 1. The Labute approximate surface area is 95.4 Å². The fraction of sp³-hybridized carbons (Fsp3) is 0.800. The Morgan fingerprint density at radius 3 is 2.75 bits per heavy atom. The molecule has 0 bridgehead atoms. The summed E-state index contributed by atoms with van der Waals surface area (Å²) in [4.78, 5) is 6.66. The van der Waals surface area contributed by atoms with E-state index in [1.54, 1.807) is 0 Å². The van der Waals surface area contributed by atoms with Gasteiger partial charge in [-0.3, -0.25) is 4.68 Å². The lowest BCUT2D eigenvalue weighted by Crippen LogP contribution is -2.37. The number of nitrogens with two attached hydrogens (primary N) is 1. The first-order valence-corrected chi connectivity index (χ1v) is 5.65. The molecule has 2 N–H and O–H groups in total. The maximum atomic E-state index is 5.77. The Balaban J connectivity index is 2.09. The van der Waals surface area contributed by atoms with Crippen LogP contribution in [0.4, 0.5) is 5.95 Å². The van der Waals surface area contributed by atoms with Gasteiger partial charge in [-0.1, -0.05) is 0 Å². The van der Waals surface area contributed by atoms with Crippen molar-refractivity contribution in [3.63, 3.8) is 0 Å². The summed E-state index contributed by atoms with van der Waals surface area (Å²) in [7, 11) is 1.91. The van der Waals surface area contributed by atoms with Crippen molar-refractivity contribution in [2.24, 2.45) is 12.8 Å². The summed E-state index contributed by atoms with van der Waals surface area (Å²) in [6.45, 7) is 5.20. The minimum Gasteiger partial charge on any atom is -0.378 e. The predicted molar refractivity (Wildman–Crippen MR) is 61.4 cm³/mol. The van der Waals surface area contributed by atoms with Crippen LogP contribution < -0.4 is 10.6 Å². The molecule has 0 spiro atoms. The normalized spacial score (nSPS) is 18.8. The Kier molecular flexibility index (Phi) is 3.40. The molecule has 1 unspecified atom stereocenters. The van der Waals surface area contributed by atoms with Crippen molar-refractivity contribution < 1.29 is 4.74 Å². The number of aryl methyl sites for hydroxylation is 1. The molecule has 16 heavy (non-hydrogen) atoms. The van der Waals surface area contributed by atoms with E-state index in [1.165, 1.54) is 0 Å². The van der Waals surface area contributed by atoms with Crippen LogP contribution >= 0.6 is 0 Å². The van der Waals surface area contributed by atoms with Crippen molar-refractivity contribution in [2.45, 2.75) is 19.4 Å². The van der Waals surface area contributed by atoms with Crippen LogP contribution in [0.2, 0.25) is 0 Å². The smallest absolute Gasteiger partial charge is 0.245 e. The van der Waals surface area contributed by atoms with Gasteiger partial charge in [0.05, 0.1) is 13.2 Å². The van der Waals surface area contributed by atoms with Crippen molar-refractivity contribution >= 4 is 5.95 Å². The first-order valence-electron chi connectivity index (χ1n) is 5.65. The zero-order chi connectivity index (χ0) is 11.5. The van der Waals surface area contributed by atoms with Crippen molar-refractivity contribution in [1.29, 1.82) is 0 Å². The molecule has 0 saturated carbocycles. The summed E-state index contributed by atoms with van der Waals surface area (Å²) in [6, 6.07) is 0.112. The molecule has 1 saturated heterocycles. The van der Waals surface area contributed by atoms with Gasteiger partial charge in [0.15, 0.2) is 0 Å². The van der Waals surface area contributed by atoms with Crippen molar-refractivity contribution in [1.82, 2.24) is 14.8 Å². The van der Waals surface area contributed by atoms with Gasteiger partial charge in [-0.05, 0) is 6.92 Å². The van der Waals surface area contributed by atoms with Crippen molar-refractivity contribution in [3.8, 4) is 0 Å². The maximum absolute atomic E-state index is 5.77. The second kappa shape index (κ2) is 4.80. The predicted octanol–water partition coefficient (Wildman–Crippen LogP) is -0.459. The first kappa shape index (κ1) is 11.3. The van der Waals surface area contributed by atoms with E-state index in [0.717, 1.165) is 44.5 Å². The standard InChI is InChI=1S/C10H19N5O/c1-8(11)7-9-12-10(13-14(9)2)15-3-5-16-6-4-15/h8H,3-7,11H2,1-2H3. The highest BCUT2D eigenvalue weighted by Crippen LogP contribution is 2.11. The van der Waals surface area contributed by atoms with E-state index in [9.17, 15) is 0 Å². The van der Waals surface area contributed by atoms with E-state index in [2.05, 4.69) is 15.0 Å². The van der Waals surface area contributed by atoms with E-state index in [0.29, 0.717) is 0 Å². The third-order valence-corrected chi connectivity index (χ3v) is 2.64. The fourth-order valence-electron chi connectivity index (χ4n) is 1.77. The molecule has 1 atom stereocenters. The quantitative estimate of drug-likeness (QED) is 0.754. The number of anilines is 1. The molecule has 1 aliphatic rings. The Morgan fingerprint density at radius 1 is 1.44 bits per heavy atom. The summed E-state index contributed by atoms with van der Waals surface area (Å²) in [6.07, 6.45) is 0.758. The number of aromatic nitrogens is 3. The van der Waals surface area contributed by atoms with Gasteiger partial charge in [-0.15, -0.1) is 5.10 Å². The highest BCUT2D eigenvalue weighted by molar-refractivity contribution is 5.29. The van der Waals surface area contributed by atoms with E-state index in [4.69, 9.17) is 10.5 Å². The van der Waals surface area contributed by atoms with Crippen LogP contribution in [0, 0.1) is 0 Å². The topological polar surface area (TPSA) is 69.2 Å². The molecule has 6 heteroatoms. The number of hydrogen-bond donors (Lipinski definition) is 1. The third kappa shape index (κ3) is 2.51. The molecule has 1 aliphatic heterocycles. The van der Waals surface area contributed by atoms with Crippen molar-refractivity contribution in [3.05, 3.63) is 5.82 Å². The molecule has 1 aromatic rings.